The maximum Gasteiger partial charge on any atom is 0.253 e. The van der Waals surface area contributed by atoms with Gasteiger partial charge in [0, 0.05) is 55.2 Å². The number of hydrogen-bond acceptors (Lipinski definition) is 3. The molecule has 23 heavy (non-hydrogen) atoms. The van der Waals surface area contributed by atoms with Crippen molar-refractivity contribution in [3.05, 3.63) is 64.9 Å². The normalized spacial score (nSPS) is 17.0. The summed E-state index contributed by atoms with van der Waals surface area (Å²) in [4.78, 5) is 20.9. The summed E-state index contributed by atoms with van der Waals surface area (Å²) in [5, 5.41) is 0.598. The summed E-state index contributed by atoms with van der Waals surface area (Å²) in [6, 6.07) is 11.6. The molecule has 1 atom stereocenters. The molecular formula is C18H20ClN3O. The van der Waals surface area contributed by atoms with Crippen LogP contribution < -0.4 is 0 Å². The Morgan fingerprint density at radius 3 is 2.48 bits per heavy atom. The standard InChI is InChI=1S/C18H20ClN3O/c1-14(15-5-7-20-8-6-15)21-9-11-22(12-10-21)18(23)16-3-2-4-17(19)13-16/h2-8,13-14H,9-12H2,1H3. The molecule has 120 valence electrons. The lowest BCUT2D eigenvalue weighted by atomic mass is 10.1. The number of halogens is 1. The van der Waals surface area contributed by atoms with E-state index in [1.165, 1.54) is 5.56 Å². The van der Waals surface area contributed by atoms with E-state index in [1.807, 2.05) is 41.6 Å². The van der Waals surface area contributed by atoms with Crippen LogP contribution in [0, 0.1) is 0 Å². The third kappa shape index (κ3) is 3.71. The molecule has 1 aromatic carbocycles. The Kier molecular flexibility index (Phi) is 4.94. The smallest absolute Gasteiger partial charge is 0.253 e. The molecular weight excluding hydrogens is 310 g/mol. The van der Waals surface area contributed by atoms with Crippen molar-refractivity contribution in [1.82, 2.24) is 14.8 Å². The first kappa shape index (κ1) is 16.0. The van der Waals surface area contributed by atoms with Crippen LogP contribution in [-0.4, -0.2) is 46.9 Å². The van der Waals surface area contributed by atoms with Gasteiger partial charge in [0.05, 0.1) is 0 Å². The Morgan fingerprint density at radius 1 is 1.13 bits per heavy atom. The van der Waals surface area contributed by atoms with E-state index in [2.05, 4.69) is 16.8 Å². The van der Waals surface area contributed by atoms with Gasteiger partial charge in [0.25, 0.3) is 5.91 Å². The fourth-order valence-electron chi connectivity index (χ4n) is 2.97. The van der Waals surface area contributed by atoms with Gasteiger partial charge in [-0.3, -0.25) is 14.7 Å². The Morgan fingerprint density at radius 2 is 1.83 bits per heavy atom. The molecule has 1 aliphatic heterocycles. The van der Waals surface area contributed by atoms with Gasteiger partial charge in [0.1, 0.15) is 0 Å². The summed E-state index contributed by atoms with van der Waals surface area (Å²) >= 11 is 5.98. The maximum absolute atomic E-state index is 12.5. The van der Waals surface area contributed by atoms with Crippen LogP contribution >= 0.6 is 11.6 Å². The van der Waals surface area contributed by atoms with Gasteiger partial charge in [-0.15, -0.1) is 0 Å². The lowest BCUT2D eigenvalue weighted by molar-refractivity contribution is 0.0582. The van der Waals surface area contributed by atoms with Crippen molar-refractivity contribution in [2.24, 2.45) is 0 Å². The molecule has 1 unspecified atom stereocenters. The third-order valence-corrected chi connectivity index (χ3v) is 4.64. The molecule has 0 bridgehead atoms. The number of hydrogen-bond donors (Lipinski definition) is 0. The van der Waals surface area contributed by atoms with Crippen LogP contribution in [0.1, 0.15) is 28.9 Å². The fourth-order valence-corrected chi connectivity index (χ4v) is 3.16. The summed E-state index contributed by atoms with van der Waals surface area (Å²) in [6.45, 7) is 5.41. The molecule has 5 heteroatoms. The molecule has 0 aliphatic carbocycles. The Labute approximate surface area is 141 Å². The molecule has 1 saturated heterocycles. The molecule has 4 nitrogen and oxygen atoms in total. The molecule has 2 heterocycles. The maximum atomic E-state index is 12.5. The second-order valence-corrected chi connectivity index (χ2v) is 6.23. The summed E-state index contributed by atoms with van der Waals surface area (Å²) in [6.07, 6.45) is 3.65. The third-order valence-electron chi connectivity index (χ3n) is 4.41. The average Bonchev–Trinajstić information content (AvgIpc) is 2.61. The summed E-state index contributed by atoms with van der Waals surface area (Å²) < 4.78 is 0. The highest BCUT2D eigenvalue weighted by atomic mass is 35.5. The predicted molar refractivity (Wildman–Crippen MR) is 91.6 cm³/mol. The molecule has 1 aromatic heterocycles. The van der Waals surface area contributed by atoms with Gasteiger partial charge in [0.15, 0.2) is 0 Å². The fraction of sp³-hybridized carbons (Fsp3) is 0.333. The molecule has 1 amide bonds. The van der Waals surface area contributed by atoms with Crippen LogP contribution in [0.15, 0.2) is 48.8 Å². The highest BCUT2D eigenvalue weighted by Gasteiger charge is 2.25. The van der Waals surface area contributed by atoms with Gasteiger partial charge < -0.3 is 4.90 Å². The SMILES string of the molecule is CC(c1ccncc1)N1CCN(C(=O)c2cccc(Cl)c2)CC1. The number of carbonyl (C=O) groups excluding carboxylic acids is 1. The van der Waals surface area contributed by atoms with Crippen LogP contribution in [0.2, 0.25) is 5.02 Å². The van der Waals surface area contributed by atoms with Crippen LogP contribution in [0.3, 0.4) is 0 Å². The first-order chi connectivity index (χ1) is 11.1. The van der Waals surface area contributed by atoms with Gasteiger partial charge in [0.2, 0.25) is 0 Å². The van der Waals surface area contributed by atoms with E-state index < -0.39 is 0 Å². The quantitative estimate of drug-likeness (QED) is 0.867. The first-order valence-corrected chi connectivity index (χ1v) is 8.22. The molecule has 0 N–H and O–H groups in total. The van der Waals surface area contributed by atoms with E-state index in [0.717, 1.165) is 26.2 Å². The first-order valence-electron chi connectivity index (χ1n) is 7.84. The van der Waals surface area contributed by atoms with Gasteiger partial charge in [-0.1, -0.05) is 17.7 Å². The van der Waals surface area contributed by atoms with E-state index in [-0.39, 0.29) is 5.91 Å². The lowest BCUT2D eigenvalue weighted by Gasteiger charge is -2.38. The second-order valence-electron chi connectivity index (χ2n) is 5.80. The van der Waals surface area contributed by atoms with Gasteiger partial charge in [-0.2, -0.15) is 0 Å². The van der Waals surface area contributed by atoms with Crippen molar-refractivity contribution in [1.29, 1.82) is 0 Å². The number of benzene rings is 1. The number of nitrogens with zero attached hydrogens (tertiary/aromatic N) is 3. The van der Waals surface area contributed by atoms with Crippen molar-refractivity contribution < 1.29 is 4.79 Å². The van der Waals surface area contributed by atoms with Crippen LogP contribution in [0.4, 0.5) is 0 Å². The lowest BCUT2D eigenvalue weighted by Crippen LogP contribution is -2.49. The number of pyridine rings is 1. The zero-order valence-electron chi connectivity index (χ0n) is 13.2. The molecule has 0 radical (unpaired) electrons. The van der Waals surface area contributed by atoms with E-state index in [1.54, 1.807) is 12.1 Å². The number of amides is 1. The Hall–Kier alpha value is -1.91. The van der Waals surface area contributed by atoms with Crippen LogP contribution in [-0.2, 0) is 0 Å². The zero-order valence-corrected chi connectivity index (χ0v) is 13.9. The van der Waals surface area contributed by atoms with Crippen molar-refractivity contribution in [3.63, 3.8) is 0 Å². The van der Waals surface area contributed by atoms with Gasteiger partial charge in [-0.25, -0.2) is 0 Å². The Bertz CT molecular complexity index is 669. The largest absolute Gasteiger partial charge is 0.336 e. The summed E-state index contributed by atoms with van der Waals surface area (Å²) in [5.41, 5.74) is 1.92. The van der Waals surface area contributed by atoms with Crippen molar-refractivity contribution in [3.8, 4) is 0 Å². The predicted octanol–water partition coefficient (Wildman–Crippen LogP) is 3.25. The van der Waals surface area contributed by atoms with Crippen molar-refractivity contribution in [2.75, 3.05) is 26.2 Å². The average molecular weight is 330 g/mol. The highest BCUT2D eigenvalue weighted by molar-refractivity contribution is 6.30. The summed E-state index contributed by atoms with van der Waals surface area (Å²) in [5.74, 6) is 0.0590. The van der Waals surface area contributed by atoms with E-state index in [9.17, 15) is 4.79 Å². The van der Waals surface area contributed by atoms with Gasteiger partial charge >= 0.3 is 0 Å². The van der Waals surface area contributed by atoms with Gasteiger partial charge in [-0.05, 0) is 42.8 Å². The molecule has 0 spiro atoms. The highest BCUT2D eigenvalue weighted by Crippen LogP contribution is 2.21. The topological polar surface area (TPSA) is 36.4 Å². The minimum Gasteiger partial charge on any atom is -0.336 e. The van der Waals surface area contributed by atoms with Crippen LogP contribution in [0.5, 0.6) is 0 Å². The molecule has 1 aliphatic rings. The number of piperazine rings is 1. The van der Waals surface area contributed by atoms with Crippen molar-refractivity contribution >= 4 is 17.5 Å². The molecule has 3 rings (SSSR count). The number of carbonyl (C=O) groups is 1. The Balaban J connectivity index is 1.61. The van der Waals surface area contributed by atoms with Crippen molar-refractivity contribution in [2.45, 2.75) is 13.0 Å². The second kappa shape index (κ2) is 7.11. The minimum atomic E-state index is 0.0590. The molecule has 0 saturated carbocycles. The van der Waals surface area contributed by atoms with Crippen LogP contribution in [0.25, 0.3) is 0 Å². The number of aromatic nitrogens is 1. The monoisotopic (exact) mass is 329 g/mol. The minimum absolute atomic E-state index is 0.0590. The van der Waals surface area contributed by atoms with E-state index in [4.69, 9.17) is 11.6 Å². The van der Waals surface area contributed by atoms with E-state index >= 15 is 0 Å². The molecule has 2 aromatic rings. The zero-order chi connectivity index (χ0) is 16.2. The van der Waals surface area contributed by atoms with E-state index in [0.29, 0.717) is 16.6 Å². The number of rotatable bonds is 3. The summed E-state index contributed by atoms with van der Waals surface area (Å²) in [7, 11) is 0. The molecule has 1 fully saturated rings.